The lowest BCUT2D eigenvalue weighted by Gasteiger charge is -2.13. The molecule has 0 aromatic heterocycles. The number of unbranched alkanes of at least 4 members (excludes halogenated alkanes) is 1. The van der Waals surface area contributed by atoms with Gasteiger partial charge in [-0.1, -0.05) is 13.3 Å². The minimum absolute atomic E-state index is 0.0533. The van der Waals surface area contributed by atoms with E-state index >= 15 is 0 Å². The first-order valence-electron chi connectivity index (χ1n) is 5.65. The molecule has 16 heavy (non-hydrogen) atoms. The number of hydrogen-bond acceptors (Lipinski definition) is 5. The Kier molecular flexibility index (Phi) is 8.94. The Morgan fingerprint density at radius 2 is 2.00 bits per heavy atom. The van der Waals surface area contributed by atoms with Crippen molar-refractivity contribution >= 4 is 6.16 Å². The molecular weight excluding hydrogens is 212 g/mol. The van der Waals surface area contributed by atoms with Gasteiger partial charge in [0.25, 0.3) is 0 Å². The summed E-state index contributed by atoms with van der Waals surface area (Å²) in [6.45, 7) is 6.33. The summed E-state index contributed by atoms with van der Waals surface area (Å²) in [7, 11) is 0. The Hall–Kier alpha value is -0.810. The summed E-state index contributed by atoms with van der Waals surface area (Å²) in [5, 5.41) is 8.88. The maximum Gasteiger partial charge on any atom is 0.508 e. The molecule has 0 aromatic carbocycles. The van der Waals surface area contributed by atoms with Crippen molar-refractivity contribution < 1.29 is 24.1 Å². The van der Waals surface area contributed by atoms with E-state index in [2.05, 4.69) is 11.7 Å². The Morgan fingerprint density at radius 3 is 2.56 bits per heavy atom. The summed E-state index contributed by atoms with van der Waals surface area (Å²) in [5.74, 6) is 0. The van der Waals surface area contributed by atoms with E-state index in [1.165, 1.54) is 6.92 Å². The zero-order valence-corrected chi connectivity index (χ0v) is 10.3. The number of carbonyl (C=O) groups is 1. The van der Waals surface area contributed by atoms with Crippen LogP contribution in [0.4, 0.5) is 4.79 Å². The molecule has 0 aromatic rings. The largest absolute Gasteiger partial charge is 0.508 e. The average Bonchev–Trinajstić information content (AvgIpc) is 2.21. The van der Waals surface area contributed by atoms with Gasteiger partial charge in [0, 0.05) is 6.61 Å². The van der Waals surface area contributed by atoms with Gasteiger partial charge in [0.15, 0.2) is 0 Å². The van der Waals surface area contributed by atoms with Crippen LogP contribution in [0.2, 0.25) is 0 Å². The van der Waals surface area contributed by atoms with Gasteiger partial charge in [0.1, 0.15) is 12.7 Å². The summed E-state index contributed by atoms with van der Waals surface area (Å²) in [6.07, 6.45) is 0.291. The van der Waals surface area contributed by atoms with Crippen molar-refractivity contribution in [1.29, 1.82) is 0 Å². The molecule has 0 rings (SSSR count). The topological polar surface area (TPSA) is 65.0 Å². The van der Waals surface area contributed by atoms with Crippen LogP contribution >= 0.6 is 0 Å². The van der Waals surface area contributed by atoms with E-state index in [9.17, 15) is 4.79 Å². The molecular formula is C11H22O5. The maximum atomic E-state index is 11.0. The lowest BCUT2D eigenvalue weighted by Crippen LogP contribution is -2.23. The van der Waals surface area contributed by atoms with Gasteiger partial charge < -0.3 is 19.3 Å². The summed E-state index contributed by atoms with van der Waals surface area (Å²) >= 11 is 0. The molecule has 0 saturated carbocycles. The molecule has 0 amide bonds. The lowest BCUT2D eigenvalue weighted by molar-refractivity contribution is -0.0213. The highest BCUT2D eigenvalue weighted by molar-refractivity contribution is 5.60. The number of rotatable bonds is 8. The summed E-state index contributed by atoms with van der Waals surface area (Å²) in [5.41, 5.74) is 0. The molecule has 0 heterocycles. The number of hydrogen-bond donors (Lipinski definition) is 1. The van der Waals surface area contributed by atoms with E-state index in [4.69, 9.17) is 14.6 Å². The summed E-state index contributed by atoms with van der Waals surface area (Å²) in [6, 6.07) is 0. The fourth-order valence-corrected chi connectivity index (χ4v) is 0.917. The summed E-state index contributed by atoms with van der Waals surface area (Å²) in [4.78, 5) is 11.0. The molecule has 5 heteroatoms. The van der Waals surface area contributed by atoms with E-state index in [1.807, 2.05) is 0 Å². The zero-order chi connectivity index (χ0) is 12.4. The fraction of sp³-hybridized carbons (Fsp3) is 0.909. The first-order chi connectivity index (χ1) is 7.56. The van der Waals surface area contributed by atoms with Crippen LogP contribution in [0.3, 0.4) is 0 Å². The van der Waals surface area contributed by atoms with E-state index in [1.54, 1.807) is 6.92 Å². The third-order valence-electron chi connectivity index (χ3n) is 1.73. The third kappa shape index (κ3) is 9.73. The monoisotopic (exact) mass is 234 g/mol. The smallest absolute Gasteiger partial charge is 0.432 e. The molecule has 0 saturated heterocycles. The average molecular weight is 234 g/mol. The molecule has 0 spiro atoms. The van der Waals surface area contributed by atoms with Crippen LogP contribution in [0.1, 0.15) is 33.6 Å². The quantitative estimate of drug-likeness (QED) is 0.511. The minimum Gasteiger partial charge on any atom is -0.432 e. The summed E-state index contributed by atoms with van der Waals surface area (Å²) < 4.78 is 14.8. The van der Waals surface area contributed by atoms with Gasteiger partial charge in [-0.05, 0) is 20.3 Å². The number of aliphatic hydroxyl groups excluding tert-OH is 1. The van der Waals surface area contributed by atoms with E-state index < -0.39 is 12.3 Å². The van der Waals surface area contributed by atoms with E-state index in [0.29, 0.717) is 13.2 Å². The van der Waals surface area contributed by atoms with Crippen molar-refractivity contribution in [2.45, 2.75) is 45.8 Å². The fourth-order valence-electron chi connectivity index (χ4n) is 0.917. The van der Waals surface area contributed by atoms with Gasteiger partial charge in [0.2, 0.25) is 0 Å². The Balaban J connectivity index is 3.46. The van der Waals surface area contributed by atoms with Gasteiger partial charge in [-0.2, -0.15) is 0 Å². The second-order valence-electron chi connectivity index (χ2n) is 3.77. The predicted molar refractivity (Wildman–Crippen MR) is 59.3 cm³/mol. The molecule has 0 fully saturated rings. The Bertz CT molecular complexity index is 181. The molecule has 0 radical (unpaired) electrons. The first-order valence-corrected chi connectivity index (χ1v) is 5.65. The number of aliphatic hydroxyl groups is 1. The highest BCUT2D eigenvalue weighted by Crippen LogP contribution is 1.98. The van der Waals surface area contributed by atoms with Crippen LogP contribution in [0.15, 0.2) is 0 Å². The molecule has 1 N–H and O–H groups in total. The van der Waals surface area contributed by atoms with Crippen LogP contribution in [-0.4, -0.2) is 43.3 Å². The standard InChI is InChI=1S/C11H22O5/c1-4-5-6-14-8-10(3)16-11(13)15-7-9(2)12/h9-10,12H,4-8H2,1-3H3. The van der Waals surface area contributed by atoms with Crippen LogP contribution in [0.25, 0.3) is 0 Å². The van der Waals surface area contributed by atoms with E-state index in [0.717, 1.165) is 12.8 Å². The van der Waals surface area contributed by atoms with Gasteiger partial charge >= 0.3 is 6.16 Å². The Labute approximate surface area is 96.7 Å². The molecule has 0 aliphatic heterocycles. The minimum atomic E-state index is -0.771. The van der Waals surface area contributed by atoms with Gasteiger partial charge in [-0.15, -0.1) is 0 Å². The Morgan fingerprint density at radius 1 is 1.31 bits per heavy atom. The van der Waals surface area contributed by atoms with Gasteiger partial charge in [-0.3, -0.25) is 0 Å². The van der Waals surface area contributed by atoms with Gasteiger partial charge in [0.05, 0.1) is 12.7 Å². The zero-order valence-electron chi connectivity index (χ0n) is 10.3. The van der Waals surface area contributed by atoms with Crippen molar-refractivity contribution in [3.8, 4) is 0 Å². The van der Waals surface area contributed by atoms with Crippen LogP contribution < -0.4 is 0 Å². The predicted octanol–water partition coefficient (Wildman–Crippen LogP) is 1.73. The maximum absolute atomic E-state index is 11.0. The van der Waals surface area contributed by atoms with Crippen LogP contribution in [0.5, 0.6) is 0 Å². The molecule has 2 atom stereocenters. The van der Waals surface area contributed by atoms with Crippen LogP contribution in [-0.2, 0) is 14.2 Å². The highest BCUT2D eigenvalue weighted by Gasteiger charge is 2.11. The molecule has 0 bridgehead atoms. The van der Waals surface area contributed by atoms with Crippen molar-refractivity contribution in [2.24, 2.45) is 0 Å². The van der Waals surface area contributed by atoms with Crippen molar-refractivity contribution in [1.82, 2.24) is 0 Å². The lowest BCUT2D eigenvalue weighted by atomic mass is 10.3. The second kappa shape index (κ2) is 9.42. The molecule has 5 nitrogen and oxygen atoms in total. The normalized spacial score (nSPS) is 14.2. The SMILES string of the molecule is CCCCOCC(C)OC(=O)OCC(C)O. The number of ether oxygens (including phenoxy) is 3. The second-order valence-corrected chi connectivity index (χ2v) is 3.77. The highest BCUT2D eigenvalue weighted by atomic mass is 16.7. The molecule has 0 aliphatic rings. The number of carbonyl (C=O) groups excluding carboxylic acids is 1. The van der Waals surface area contributed by atoms with Crippen molar-refractivity contribution in [2.75, 3.05) is 19.8 Å². The van der Waals surface area contributed by atoms with Crippen molar-refractivity contribution in [3.63, 3.8) is 0 Å². The third-order valence-corrected chi connectivity index (χ3v) is 1.73. The van der Waals surface area contributed by atoms with E-state index in [-0.39, 0.29) is 12.7 Å². The van der Waals surface area contributed by atoms with Crippen LogP contribution in [0, 0.1) is 0 Å². The molecule has 96 valence electrons. The molecule has 2 unspecified atom stereocenters. The first kappa shape index (κ1) is 15.2. The van der Waals surface area contributed by atoms with Gasteiger partial charge in [-0.25, -0.2) is 4.79 Å². The van der Waals surface area contributed by atoms with Crippen molar-refractivity contribution in [3.05, 3.63) is 0 Å². The molecule has 0 aliphatic carbocycles.